The van der Waals surface area contributed by atoms with E-state index >= 15 is 0 Å². The lowest BCUT2D eigenvalue weighted by Crippen LogP contribution is -2.43. The molecule has 1 aromatic heterocycles. The van der Waals surface area contributed by atoms with Crippen LogP contribution in [0.5, 0.6) is 0 Å². The highest BCUT2D eigenvalue weighted by atomic mass is 16.3. The van der Waals surface area contributed by atoms with Crippen molar-refractivity contribution in [3.8, 4) is 0 Å². The zero-order valence-electron chi connectivity index (χ0n) is 12.7. The van der Waals surface area contributed by atoms with Crippen LogP contribution in [0.1, 0.15) is 36.6 Å². The van der Waals surface area contributed by atoms with E-state index in [2.05, 4.69) is 5.32 Å². The highest BCUT2D eigenvalue weighted by Crippen LogP contribution is 2.19. The van der Waals surface area contributed by atoms with Gasteiger partial charge in [0.15, 0.2) is 0 Å². The molecule has 1 amide bonds. The van der Waals surface area contributed by atoms with E-state index in [9.17, 15) is 4.79 Å². The van der Waals surface area contributed by atoms with Gasteiger partial charge < -0.3 is 9.32 Å². The molecule has 4 heteroatoms. The summed E-state index contributed by atoms with van der Waals surface area (Å²) in [5.41, 5.74) is 1.00. The van der Waals surface area contributed by atoms with Crippen molar-refractivity contribution in [1.29, 1.82) is 0 Å². The van der Waals surface area contributed by atoms with E-state index < -0.39 is 0 Å². The summed E-state index contributed by atoms with van der Waals surface area (Å²) in [6.07, 6.45) is 5.08. The molecule has 2 aromatic rings. The van der Waals surface area contributed by atoms with Gasteiger partial charge in [-0.2, -0.15) is 0 Å². The van der Waals surface area contributed by atoms with Crippen LogP contribution in [0, 0.1) is 0 Å². The first-order valence-electron chi connectivity index (χ1n) is 7.94. The van der Waals surface area contributed by atoms with Crippen LogP contribution in [-0.2, 0) is 11.3 Å². The van der Waals surface area contributed by atoms with Crippen LogP contribution in [0.4, 0.5) is 0 Å². The second kappa shape index (κ2) is 7.27. The fourth-order valence-electron chi connectivity index (χ4n) is 2.91. The van der Waals surface area contributed by atoms with E-state index in [0.29, 0.717) is 6.54 Å². The first kappa shape index (κ1) is 14.9. The van der Waals surface area contributed by atoms with Gasteiger partial charge in [0.25, 0.3) is 0 Å². The Labute approximate surface area is 131 Å². The minimum absolute atomic E-state index is 0.164. The third-order valence-electron chi connectivity index (χ3n) is 4.11. The number of carbonyl (C=O) groups is 1. The van der Waals surface area contributed by atoms with Crippen LogP contribution in [0.3, 0.4) is 0 Å². The van der Waals surface area contributed by atoms with E-state index in [1.54, 1.807) is 6.26 Å². The van der Waals surface area contributed by atoms with Crippen LogP contribution >= 0.6 is 0 Å². The average molecular weight is 298 g/mol. The van der Waals surface area contributed by atoms with Gasteiger partial charge in [-0.05, 0) is 37.0 Å². The SMILES string of the molecule is O=C(C(NCc1ccco1)c1ccccc1)N1CCCCC1. The number of nitrogens with zero attached hydrogens (tertiary/aromatic N) is 1. The maximum absolute atomic E-state index is 12.9. The van der Waals surface area contributed by atoms with Crippen molar-refractivity contribution in [3.05, 3.63) is 60.1 Å². The Kier molecular flexibility index (Phi) is 4.91. The standard InChI is InChI=1S/C18H22N2O2/c21-18(20-11-5-2-6-12-20)17(15-8-3-1-4-9-15)19-14-16-10-7-13-22-16/h1,3-4,7-10,13,17,19H,2,5-6,11-12,14H2. The van der Waals surface area contributed by atoms with Crippen molar-refractivity contribution in [2.75, 3.05) is 13.1 Å². The smallest absolute Gasteiger partial charge is 0.244 e. The number of piperidine rings is 1. The normalized spacial score (nSPS) is 16.5. The molecule has 116 valence electrons. The van der Waals surface area contributed by atoms with Gasteiger partial charge in [-0.3, -0.25) is 10.1 Å². The van der Waals surface area contributed by atoms with E-state index in [-0.39, 0.29) is 11.9 Å². The fraction of sp³-hybridized carbons (Fsp3) is 0.389. The maximum atomic E-state index is 12.9. The highest BCUT2D eigenvalue weighted by molar-refractivity contribution is 5.83. The first-order valence-corrected chi connectivity index (χ1v) is 7.94. The minimum atomic E-state index is -0.315. The number of hydrogen-bond acceptors (Lipinski definition) is 3. The Hall–Kier alpha value is -2.07. The van der Waals surface area contributed by atoms with Crippen LogP contribution in [0.25, 0.3) is 0 Å². The summed E-state index contributed by atoms with van der Waals surface area (Å²) in [5.74, 6) is 1.00. The lowest BCUT2D eigenvalue weighted by Gasteiger charge is -2.31. The topological polar surface area (TPSA) is 45.5 Å². The molecule has 1 atom stereocenters. The number of amides is 1. The Morgan fingerprint density at radius 2 is 1.86 bits per heavy atom. The zero-order chi connectivity index (χ0) is 15.2. The molecule has 0 bridgehead atoms. The predicted octanol–water partition coefficient (Wildman–Crippen LogP) is 3.12. The minimum Gasteiger partial charge on any atom is -0.468 e. The monoisotopic (exact) mass is 298 g/mol. The molecule has 3 rings (SSSR count). The lowest BCUT2D eigenvalue weighted by molar-refractivity contribution is -0.134. The maximum Gasteiger partial charge on any atom is 0.244 e. The molecule has 0 aliphatic carbocycles. The number of nitrogens with one attached hydrogen (secondary N) is 1. The van der Waals surface area contributed by atoms with Crippen molar-refractivity contribution in [1.82, 2.24) is 10.2 Å². The summed E-state index contributed by atoms with van der Waals surface area (Å²) in [7, 11) is 0. The Bertz CT molecular complexity index is 574. The van der Waals surface area contributed by atoms with Gasteiger partial charge in [-0.1, -0.05) is 30.3 Å². The summed E-state index contributed by atoms with van der Waals surface area (Å²) >= 11 is 0. The van der Waals surface area contributed by atoms with E-state index in [4.69, 9.17) is 4.42 Å². The molecule has 22 heavy (non-hydrogen) atoms. The number of carbonyl (C=O) groups excluding carboxylic acids is 1. The number of likely N-dealkylation sites (tertiary alicyclic amines) is 1. The highest BCUT2D eigenvalue weighted by Gasteiger charge is 2.26. The fourth-order valence-corrected chi connectivity index (χ4v) is 2.91. The van der Waals surface area contributed by atoms with E-state index in [1.807, 2.05) is 47.4 Å². The quantitative estimate of drug-likeness (QED) is 0.922. The molecule has 1 saturated heterocycles. The molecule has 1 aliphatic rings. The van der Waals surface area contributed by atoms with Crippen molar-refractivity contribution in [3.63, 3.8) is 0 Å². The van der Waals surface area contributed by atoms with Gasteiger partial charge in [0.05, 0.1) is 12.8 Å². The number of furan rings is 1. The molecule has 1 unspecified atom stereocenters. The Morgan fingerprint density at radius 3 is 2.55 bits per heavy atom. The third kappa shape index (κ3) is 3.57. The molecule has 4 nitrogen and oxygen atoms in total. The van der Waals surface area contributed by atoms with Gasteiger partial charge in [-0.15, -0.1) is 0 Å². The molecule has 2 heterocycles. The van der Waals surface area contributed by atoms with E-state index in [0.717, 1.165) is 37.3 Å². The van der Waals surface area contributed by atoms with Crippen LogP contribution in [-0.4, -0.2) is 23.9 Å². The lowest BCUT2D eigenvalue weighted by atomic mass is 10.0. The predicted molar refractivity (Wildman–Crippen MR) is 85.2 cm³/mol. The van der Waals surface area contributed by atoms with Crippen LogP contribution in [0.2, 0.25) is 0 Å². The molecular weight excluding hydrogens is 276 g/mol. The Balaban J connectivity index is 1.74. The molecule has 1 N–H and O–H groups in total. The van der Waals surface area contributed by atoms with Gasteiger partial charge >= 0.3 is 0 Å². The number of hydrogen-bond donors (Lipinski definition) is 1. The second-order valence-electron chi connectivity index (χ2n) is 5.69. The number of rotatable bonds is 5. The number of benzene rings is 1. The van der Waals surface area contributed by atoms with Crippen molar-refractivity contribution in [2.45, 2.75) is 31.8 Å². The summed E-state index contributed by atoms with van der Waals surface area (Å²) < 4.78 is 5.36. The van der Waals surface area contributed by atoms with Gasteiger partial charge in [0.2, 0.25) is 5.91 Å². The molecule has 1 aromatic carbocycles. The van der Waals surface area contributed by atoms with Crippen LogP contribution in [0.15, 0.2) is 53.1 Å². The second-order valence-corrected chi connectivity index (χ2v) is 5.69. The van der Waals surface area contributed by atoms with E-state index in [1.165, 1.54) is 6.42 Å². The summed E-state index contributed by atoms with van der Waals surface area (Å²) in [6.45, 7) is 2.28. The molecule has 0 radical (unpaired) electrons. The average Bonchev–Trinajstić information content (AvgIpc) is 3.10. The molecule has 0 saturated carbocycles. The molecule has 1 aliphatic heterocycles. The van der Waals surface area contributed by atoms with Gasteiger partial charge in [0.1, 0.15) is 11.8 Å². The summed E-state index contributed by atoms with van der Waals surface area (Å²) in [5, 5.41) is 3.35. The first-order chi connectivity index (χ1) is 10.8. The van der Waals surface area contributed by atoms with Crippen molar-refractivity contribution in [2.24, 2.45) is 0 Å². The summed E-state index contributed by atoms with van der Waals surface area (Å²) in [6, 6.07) is 13.4. The Morgan fingerprint density at radius 1 is 1.09 bits per heavy atom. The van der Waals surface area contributed by atoms with Crippen LogP contribution < -0.4 is 5.32 Å². The van der Waals surface area contributed by atoms with Gasteiger partial charge in [0, 0.05) is 13.1 Å². The van der Waals surface area contributed by atoms with Gasteiger partial charge in [-0.25, -0.2) is 0 Å². The summed E-state index contributed by atoms with van der Waals surface area (Å²) in [4.78, 5) is 14.9. The van der Waals surface area contributed by atoms with Crippen molar-refractivity contribution >= 4 is 5.91 Å². The van der Waals surface area contributed by atoms with Crippen molar-refractivity contribution < 1.29 is 9.21 Å². The molecule has 1 fully saturated rings. The largest absolute Gasteiger partial charge is 0.468 e. The molecule has 0 spiro atoms. The molecular formula is C18H22N2O2. The zero-order valence-corrected chi connectivity index (χ0v) is 12.7. The third-order valence-corrected chi connectivity index (χ3v) is 4.11.